The van der Waals surface area contributed by atoms with Crippen molar-refractivity contribution in [2.75, 3.05) is 0 Å². The van der Waals surface area contributed by atoms with Crippen LogP contribution in [0.4, 0.5) is 0 Å². The van der Waals surface area contributed by atoms with Gasteiger partial charge in [0.1, 0.15) is 0 Å². The van der Waals surface area contributed by atoms with Crippen molar-refractivity contribution in [3.05, 3.63) is 46.2 Å². The largest absolute Gasteiger partial charge is 0.305 e. The Balaban J connectivity index is 2.41. The van der Waals surface area contributed by atoms with Gasteiger partial charge < -0.3 is 4.57 Å². The van der Waals surface area contributed by atoms with Crippen LogP contribution in [0.5, 0.6) is 0 Å². The lowest BCUT2D eigenvalue weighted by molar-refractivity contribution is 0.592. The van der Waals surface area contributed by atoms with Crippen LogP contribution in [0.15, 0.2) is 35.1 Å². The molecule has 3 heteroatoms. The Labute approximate surface area is 112 Å². The second-order valence-corrected chi connectivity index (χ2v) is 5.58. The Kier molecular flexibility index (Phi) is 2.50. The predicted octanol–water partition coefficient (Wildman–Crippen LogP) is 3.14. The van der Waals surface area contributed by atoms with E-state index in [1.807, 2.05) is 48.7 Å². The van der Waals surface area contributed by atoms with Gasteiger partial charge in [-0.1, -0.05) is 18.2 Å². The summed E-state index contributed by atoms with van der Waals surface area (Å²) < 4.78 is 1.81. The predicted molar refractivity (Wildman–Crippen MR) is 75.1 cm³/mol. The van der Waals surface area contributed by atoms with Crippen LogP contribution in [0.1, 0.15) is 38.3 Å². The molecule has 1 aromatic carbocycles. The fourth-order valence-electron chi connectivity index (χ4n) is 2.71. The summed E-state index contributed by atoms with van der Waals surface area (Å²) in [5.41, 5.74) is 1.08. The van der Waals surface area contributed by atoms with E-state index in [0.29, 0.717) is 5.56 Å². The fraction of sp³-hybridized carbons (Fsp3) is 0.375. The number of pyridine rings is 1. The number of benzene rings is 1. The Morgan fingerprint density at radius 1 is 1.32 bits per heavy atom. The molecule has 1 aliphatic rings. The molecule has 1 fully saturated rings. The molecule has 3 rings (SSSR count). The van der Waals surface area contributed by atoms with Crippen LogP contribution in [0.25, 0.3) is 10.9 Å². The third-order valence-electron chi connectivity index (χ3n) is 3.94. The normalized spacial score (nSPS) is 16.5. The average Bonchev–Trinajstić information content (AvgIpc) is 3.18. The van der Waals surface area contributed by atoms with Gasteiger partial charge >= 0.3 is 0 Å². The SMILES string of the molecule is CC(C)n1c(=O)c(C2(C#N)CC2)cc2ccccc21. The topological polar surface area (TPSA) is 45.8 Å². The molecule has 1 saturated carbocycles. The smallest absolute Gasteiger partial charge is 0.256 e. The zero-order valence-corrected chi connectivity index (χ0v) is 11.2. The molecule has 0 aliphatic heterocycles. The maximum Gasteiger partial charge on any atom is 0.256 e. The lowest BCUT2D eigenvalue weighted by Gasteiger charge is -2.17. The number of para-hydroxylation sites is 1. The lowest BCUT2D eigenvalue weighted by atomic mass is 9.97. The Bertz CT molecular complexity index is 745. The van der Waals surface area contributed by atoms with Crippen molar-refractivity contribution in [2.45, 2.75) is 38.1 Å². The first-order valence-corrected chi connectivity index (χ1v) is 6.65. The molecule has 96 valence electrons. The second kappa shape index (κ2) is 3.96. The summed E-state index contributed by atoms with van der Waals surface area (Å²) >= 11 is 0. The summed E-state index contributed by atoms with van der Waals surface area (Å²) in [5, 5.41) is 10.4. The van der Waals surface area contributed by atoms with Crippen LogP contribution >= 0.6 is 0 Å². The maximum atomic E-state index is 12.7. The standard InChI is InChI=1S/C16H16N2O/c1-11(2)18-14-6-4-3-5-12(14)9-13(15(18)19)16(10-17)7-8-16/h3-6,9,11H,7-8H2,1-2H3. The number of rotatable bonds is 2. The van der Waals surface area contributed by atoms with Gasteiger partial charge in [0.15, 0.2) is 0 Å². The van der Waals surface area contributed by atoms with Crippen LogP contribution in [-0.4, -0.2) is 4.57 Å². The van der Waals surface area contributed by atoms with Gasteiger partial charge in [0.2, 0.25) is 0 Å². The van der Waals surface area contributed by atoms with E-state index >= 15 is 0 Å². The van der Waals surface area contributed by atoms with Crippen molar-refractivity contribution >= 4 is 10.9 Å². The van der Waals surface area contributed by atoms with Crippen molar-refractivity contribution in [3.63, 3.8) is 0 Å². The van der Waals surface area contributed by atoms with E-state index in [-0.39, 0.29) is 11.6 Å². The second-order valence-electron chi connectivity index (χ2n) is 5.58. The number of hydrogen-bond acceptors (Lipinski definition) is 2. The minimum Gasteiger partial charge on any atom is -0.305 e. The molecule has 19 heavy (non-hydrogen) atoms. The fourth-order valence-corrected chi connectivity index (χ4v) is 2.71. The van der Waals surface area contributed by atoms with E-state index in [9.17, 15) is 10.1 Å². The molecular weight excluding hydrogens is 236 g/mol. The van der Waals surface area contributed by atoms with E-state index in [4.69, 9.17) is 0 Å². The van der Waals surface area contributed by atoms with Gasteiger partial charge in [0.05, 0.1) is 17.0 Å². The summed E-state index contributed by atoms with van der Waals surface area (Å²) in [6, 6.07) is 12.2. The lowest BCUT2D eigenvalue weighted by Crippen LogP contribution is -2.29. The Morgan fingerprint density at radius 3 is 2.58 bits per heavy atom. The van der Waals surface area contributed by atoms with Gasteiger partial charge in [-0.3, -0.25) is 4.79 Å². The van der Waals surface area contributed by atoms with Gasteiger partial charge in [-0.15, -0.1) is 0 Å². The van der Waals surface area contributed by atoms with Crippen LogP contribution in [0.2, 0.25) is 0 Å². The van der Waals surface area contributed by atoms with Crippen molar-refractivity contribution in [3.8, 4) is 6.07 Å². The molecule has 0 bridgehead atoms. The Hall–Kier alpha value is -2.08. The minimum atomic E-state index is -0.530. The molecule has 0 atom stereocenters. The van der Waals surface area contributed by atoms with Gasteiger partial charge in [-0.25, -0.2) is 0 Å². The van der Waals surface area contributed by atoms with Gasteiger partial charge in [0, 0.05) is 11.6 Å². The van der Waals surface area contributed by atoms with Gasteiger partial charge in [-0.2, -0.15) is 5.26 Å². The molecule has 2 aromatic rings. The summed E-state index contributed by atoms with van der Waals surface area (Å²) in [5.74, 6) is 0. The zero-order chi connectivity index (χ0) is 13.6. The molecule has 1 aliphatic carbocycles. The van der Waals surface area contributed by atoms with Crippen molar-refractivity contribution in [2.24, 2.45) is 0 Å². The first kappa shape index (κ1) is 12.0. The number of nitriles is 1. The summed E-state index contributed by atoms with van der Waals surface area (Å²) in [7, 11) is 0. The van der Waals surface area contributed by atoms with E-state index in [2.05, 4.69) is 6.07 Å². The molecular formula is C16H16N2O. The molecule has 0 radical (unpaired) electrons. The average molecular weight is 252 g/mol. The number of nitrogens with zero attached hydrogens (tertiary/aromatic N) is 2. The molecule has 3 nitrogen and oxygen atoms in total. The highest BCUT2D eigenvalue weighted by molar-refractivity contribution is 5.80. The first-order valence-electron chi connectivity index (χ1n) is 6.65. The van der Waals surface area contributed by atoms with Gasteiger partial charge in [-0.05, 0) is 44.2 Å². The first-order chi connectivity index (χ1) is 9.09. The molecule has 0 unspecified atom stereocenters. The van der Waals surface area contributed by atoms with Crippen LogP contribution in [-0.2, 0) is 5.41 Å². The highest BCUT2D eigenvalue weighted by Gasteiger charge is 2.47. The highest BCUT2D eigenvalue weighted by atomic mass is 16.1. The highest BCUT2D eigenvalue weighted by Crippen LogP contribution is 2.46. The maximum absolute atomic E-state index is 12.7. The number of fused-ring (bicyclic) bond motifs is 1. The van der Waals surface area contributed by atoms with Crippen LogP contribution < -0.4 is 5.56 Å². The van der Waals surface area contributed by atoms with E-state index in [1.165, 1.54) is 0 Å². The van der Waals surface area contributed by atoms with Crippen molar-refractivity contribution in [1.29, 1.82) is 5.26 Å². The van der Waals surface area contributed by atoms with E-state index in [0.717, 1.165) is 23.7 Å². The molecule has 0 N–H and O–H groups in total. The molecule has 0 amide bonds. The van der Waals surface area contributed by atoms with Crippen molar-refractivity contribution in [1.82, 2.24) is 4.57 Å². The molecule has 1 heterocycles. The summed E-state index contributed by atoms with van der Waals surface area (Å²) in [6.07, 6.45) is 1.60. The van der Waals surface area contributed by atoms with E-state index in [1.54, 1.807) is 0 Å². The summed E-state index contributed by atoms with van der Waals surface area (Å²) in [6.45, 7) is 4.01. The minimum absolute atomic E-state index is 0.00671. The quantitative estimate of drug-likeness (QED) is 0.824. The zero-order valence-electron chi connectivity index (χ0n) is 11.2. The summed E-state index contributed by atoms with van der Waals surface area (Å²) in [4.78, 5) is 12.7. The van der Waals surface area contributed by atoms with Gasteiger partial charge in [0.25, 0.3) is 5.56 Å². The number of hydrogen-bond donors (Lipinski definition) is 0. The molecule has 0 spiro atoms. The monoisotopic (exact) mass is 252 g/mol. The van der Waals surface area contributed by atoms with Crippen LogP contribution in [0, 0.1) is 11.3 Å². The Morgan fingerprint density at radius 2 is 2.00 bits per heavy atom. The number of aromatic nitrogens is 1. The van der Waals surface area contributed by atoms with Crippen LogP contribution in [0.3, 0.4) is 0 Å². The van der Waals surface area contributed by atoms with Crippen molar-refractivity contribution < 1.29 is 0 Å². The molecule has 1 aromatic heterocycles. The third kappa shape index (κ3) is 1.67. The third-order valence-corrected chi connectivity index (χ3v) is 3.94. The van der Waals surface area contributed by atoms with E-state index < -0.39 is 5.41 Å². The molecule has 0 saturated heterocycles.